The molecule has 156 valence electrons. The minimum absolute atomic E-state index is 0. The fraction of sp³-hybridized carbons (Fsp3) is 0.263. The molecule has 0 unspecified atom stereocenters. The predicted octanol–water partition coefficient (Wildman–Crippen LogP) is 4.80. The van der Waals surface area contributed by atoms with Crippen LogP contribution in [-0.4, -0.2) is 39.6 Å². The van der Waals surface area contributed by atoms with E-state index in [0.29, 0.717) is 13.0 Å². The largest absolute Gasteiger partial charge is 0.481 e. The van der Waals surface area contributed by atoms with E-state index in [4.69, 9.17) is 5.11 Å². The van der Waals surface area contributed by atoms with Crippen molar-refractivity contribution < 1.29 is 9.90 Å². The van der Waals surface area contributed by atoms with E-state index >= 15 is 0 Å². The van der Waals surface area contributed by atoms with E-state index in [1.807, 2.05) is 49.2 Å². The van der Waals surface area contributed by atoms with Crippen LogP contribution in [0.15, 0.2) is 42.7 Å². The highest BCUT2D eigenvalue weighted by molar-refractivity contribution is 7.18. The molecular weight excluding hydrogens is 433 g/mol. The molecule has 2 N–H and O–H groups in total. The Morgan fingerprint density at radius 1 is 1.21 bits per heavy atom. The maximum atomic E-state index is 10.6. The van der Waals surface area contributed by atoms with Gasteiger partial charge in [-0.05, 0) is 43.2 Å². The number of aromatic nitrogens is 3. The highest BCUT2D eigenvalue weighted by atomic mass is 35.5. The Morgan fingerprint density at radius 2 is 2.00 bits per heavy atom. The van der Waals surface area contributed by atoms with Crippen LogP contribution in [-0.2, 0) is 4.79 Å². The molecule has 10 heteroatoms. The van der Waals surface area contributed by atoms with E-state index in [1.54, 1.807) is 12.4 Å². The SMILES string of the molecule is Cc1ccnc(Nc2cccc(-c3cnc(N(C)CCCC(=O)O)s3)n2)c1.Cl.Cl. The lowest BCUT2D eigenvalue weighted by atomic mass is 10.3. The summed E-state index contributed by atoms with van der Waals surface area (Å²) in [7, 11) is 1.92. The number of hydrogen-bond acceptors (Lipinski definition) is 7. The average Bonchev–Trinajstić information content (AvgIpc) is 3.12. The lowest BCUT2D eigenvalue weighted by Crippen LogP contribution is -2.18. The number of hydrogen-bond donors (Lipinski definition) is 2. The first kappa shape index (κ1) is 24.6. The zero-order valence-corrected chi connectivity index (χ0v) is 18.5. The summed E-state index contributed by atoms with van der Waals surface area (Å²) in [6.45, 7) is 2.66. The van der Waals surface area contributed by atoms with Gasteiger partial charge < -0.3 is 15.3 Å². The predicted molar refractivity (Wildman–Crippen MR) is 122 cm³/mol. The van der Waals surface area contributed by atoms with Crippen LogP contribution in [0.25, 0.3) is 10.6 Å². The third-order valence-corrected chi connectivity index (χ3v) is 5.01. The zero-order valence-electron chi connectivity index (χ0n) is 16.0. The van der Waals surface area contributed by atoms with Gasteiger partial charge in [-0.1, -0.05) is 17.4 Å². The molecule has 0 aliphatic carbocycles. The van der Waals surface area contributed by atoms with E-state index in [9.17, 15) is 4.79 Å². The van der Waals surface area contributed by atoms with Crippen LogP contribution in [0.3, 0.4) is 0 Å². The van der Waals surface area contributed by atoms with E-state index in [1.165, 1.54) is 11.3 Å². The van der Waals surface area contributed by atoms with Crippen LogP contribution < -0.4 is 10.2 Å². The van der Waals surface area contributed by atoms with Gasteiger partial charge in [0.15, 0.2) is 5.13 Å². The van der Waals surface area contributed by atoms with E-state index in [2.05, 4.69) is 20.3 Å². The molecule has 0 spiro atoms. The standard InChI is InChI=1S/C19H21N5O2S.2ClH/c1-13-8-9-20-17(11-13)23-16-6-3-5-14(22-16)15-12-21-19(27-15)24(2)10-4-7-18(25)26;;/h3,5-6,8-9,11-12H,4,7,10H2,1-2H3,(H,25,26)(H,20,22,23);2*1H. The van der Waals surface area contributed by atoms with Crippen molar-refractivity contribution in [1.29, 1.82) is 0 Å². The van der Waals surface area contributed by atoms with Crippen LogP contribution in [0, 0.1) is 6.92 Å². The number of carbonyl (C=O) groups is 1. The van der Waals surface area contributed by atoms with Gasteiger partial charge in [0.1, 0.15) is 11.6 Å². The summed E-state index contributed by atoms with van der Waals surface area (Å²) in [6, 6.07) is 9.69. The number of anilines is 3. The summed E-state index contributed by atoms with van der Waals surface area (Å²) in [6.07, 6.45) is 4.30. The number of carboxylic acid groups (broad SMARTS) is 1. The third-order valence-electron chi connectivity index (χ3n) is 3.88. The number of thiazole rings is 1. The van der Waals surface area contributed by atoms with Gasteiger partial charge in [0, 0.05) is 32.4 Å². The van der Waals surface area contributed by atoms with E-state index < -0.39 is 5.97 Å². The number of aryl methyl sites for hydroxylation is 1. The van der Waals surface area contributed by atoms with Crippen LogP contribution >= 0.6 is 36.2 Å². The van der Waals surface area contributed by atoms with Crippen LogP contribution in [0.4, 0.5) is 16.8 Å². The molecule has 0 radical (unpaired) electrons. The number of carboxylic acids is 1. The summed E-state index contributed by atoms with van der Waals surface area (Å²) in [5, 5.41) is 12.8. The maximum Gasteiger partial charge on any atom is 0.303 e. The monoisotopic (exact) mass is 455 g/mol. The van der Waals surface area contributed by atoms with Gasteiger partial charge in [-0.25, -0.2) is 15.0 Å². The summed E-state index contributed by atoms with van der Waals surface area (Å²) in [5.74, 6) is 0.693. The summed E-state index contributed by atoms with van der Waals surface area (Å²) < 4.78 is 0. The molecule has 0 atom stereocenters. The summed E-state index contributed by atoms with van der Waals surface area (Å²) >= 11 is 1.53. The molecule has 7 nitrogen and oxygen atoms in total. The molecule has 3 heterocycles. The van der Waals surface area contributed by atoms with E-state index in [-0.39, 0.29) is 31.2 Å². The molecule has 0 saturated carbocycles. The lowest BCUT2D eigenvalue weighted by Gasteiger charge is -2.14. The Balaban J connectivity index is 0.00000210. The molecular formula is C19H23Cl2N5O2S. The van der Waals surface area contributed by atoms with Crippen LogP contribution in [0.5, 0.6) is 0 Å². The van der Waals surface area contributed by atoms with Gasteiger partial charge in [0.25, 0.3) is 0 Å². The second kappa shape index (κ2) is 11.5. The molecule has 0 bridgehead atoms. The Morgan fingerprint density at radius 3 is 2.72 bits per heavy atom. The molecule has 3 aromatic rings. The van der Waals surface area contributed by atoms with Gasteiger partial charge >= 0.3 is 5.97 Å². The average molecular weight is 456 g/mol. The second-order valence-corrected chi connectivity index (χ2v) is 7.19. The third kappa shape index (κ3) is 7.16. The molecule has 3 aromatic heterocycles. The highest BCUT2D eigenvalue weighted by Crippen LogP contribution is 2.30. The zero-order chi connectivity index (χ0) is 19.2. The first-order valence-electron chi connectivity index (χ1n) is 8.57. The van der Waals surface area contributed by atoms with Gasteiger partial charge in [-0.2, -0.15) is 0 Å². The molecule has 29 heavy (non-hydrogen) atoms. The van der Waals surface area contributed by atoms with Crippen molar-refractivity contribution in [2.75, 3.05) is 23.8 Å². The quantitative estimate of drug-likeness (QED) is 0.503. The maximum absolute atomic E-state index is 10.6. The smallest absolute Gasteiger partial charge is 0.303 e. The van der Waals surface area contributed by atoms with Crippen molar-refractivity contribution in [2.45, 2.75) is 19.8 Å². The summed E-state index contributed by atoms with van der Waals surface area (Å²) in [5.41, 5.74) is 1.96. The van der Waals surface area contributed by atoms with Crippen molar-refractivity contribution in [3.05, 3.63) is 48.3 Å². The number of rotatable bonds is 8. The number of aliphatic carboxylic acids is 1. The first-order chi connectivity index (χ1) is 13.0. The van der Waals surface area contributed by atoms with Gasteiger partial charge in [-0.15, -0.1) is 24.8 Å². The normalized spacial score (nSPS) is 9.86. The van der Waals surface area contributed by atoms with Crippen molar-refractivity contribution >= 4 is 58.9 Å². The molecule has 0 fully saturated rings. The fourth-order valence-corrected chi connectivity index (χ4v) is 3.37. The van der Waals surface area contributed by atoms with Gasteiger partial charge in [0.2, 0.25) is 0 Å². The Kier molecular flexibility index (Phi) is 9.80. The lowest BCUT2D eigenvalue weighted by molar-refractivity contribution is -0.137. The first-order valence-corrected chi connectivity index (χ1v) is 9.39. The Hall–Kier alpha value is -2.42. The molecule has 3 rings (SSSR count). The minimum Gasteiger partial charge on any atom is -0.481 e. The summed E-state index contributed by atoms with van der Waals surface area (Å²) in [4.78, 5) is 26.9. The van der Waals surface area contributed by atoms with Crippen LogP contribution in [0.2, 0.25) is 0 Å². The van der Waals surface area contributed by atoms with Crippen molar-refractivity contribution in [3.8, 4) is 10.6 Å². The van der Waals surface area contributed by atoms with Crippen molar-refractivity contribution in [2.24, 2.45) is 0 Å². The Labute approximate surface area is 186 Å². The van der Waals surface area contributed by atoms with E-state index in [0.717, 1.165) is 32.9 Å². The second-order valence-electron chi connectivity index (χ2n) is 6.18. The van der Waals surface area contributed by atoms with Gasteiger partial charge in [0.05, 0.1) is 10.6 Å². The highest BCUT2D eigenvalue weighted by Gasteiger charge is 2.11. The number of pyridine rings is 2. The molecule has 0 aromatic carbocycles. The molecule has 0 aliphatic heterocycles. The van der Waals surface area contributed by atoms with Gasteiger partial charge in [-0.3, -0.25) is 4.79 Å². The molecule has 0 aliphatic rings. The minimum atomic E-state index is -0.778. The van der Waals surface area contributed by atoms with Crippen molar-refractivity contribution in [1.82, 2.24) is 15.0 Å². The topological polar surface area (TPSA) is 91.2 Å². The number of nitrogens with zero attached hydrogens (tertiary/aromatic N) is 4. The van der Waals surface area contributed by atoms with Crippen LogP contribution in [0.1, 0.15) is 18.4 Å². The van der Waals surface area contributed by atoms with Crippen molar-refractivity contribution in [3.63, 3.8) is 0 Å². The molecule has 0 amide bonds. The number of nitrogens with one attached hydrogen (secondary N) is 1. The molecule has 0 saturated heterocycles. The Bertz CT molecular complexity index is 938. The fourth-order valence-electron chi connectivity index (χ4n) is 2.50. The number of halogens is 2.